The van der Waals surface area contributed by atoms with Crippen molar-refractivity contribution in [2.24, 2.45) is 5.16 Å². The molecule has 0 aliphatic heterocycles. The minimum Gasteiger partial charge on any atom is -0.435 e. The summed E-state index contributed by atoms with van der Waals surface area (Å²) in [5.74, 6) is -0.272. The summed E-state index contributed by atoms with van der Waals surface area (Å²) in [4.78, 5) is 17.0. The summed E-state index contributed by atoms with van der Waals surface area (Å²) in [5, 5.41) is 7.08. The van der Waals surface area contributed by atoms with Crippen molar-refractivity contribution in [3.8, 4) is 5.75 Å². The number of hydrogen-bond donors (Lipinski definition) is 1. The van der Waals surface area contributed by atoms with Gasteiger partial charge in [-0.05, 0) is 54.4 Å². The van der Waals surface area contributed by atoms with Crippen LogP contribution in [0.2, 0.25) is 5.02 Å². The lowest BCUT2D eigenvalue weighted by atomic mass is 10.2. The first kappa shape index (κ1) is 19.7. The number of rotatable bonds is 8. The third-order valence-corrected chi connectivity index (χ3v) is 3.53. The molecule has 0 saturated carbocycles. The molecule has 0 aliphatic rings. The van der Waals surface area contributed by atoms with Crippen LogP contribution in [0, 0.1) is 0 Å². The first-order valence-corrected chi connectivity index (χ1v) is 8.08. The van der Waals surface area contributed by atoms with Gasteiger partial charge in [-0.2, -0.15) is 8.78 Å². The highest BCUT2D eigenvalue weighted by molar-refractivity contribution is 6.30. The number of ether oxygens (including phenoxy) is 1. The third kappa shape index (κ3) is 6.68. The van der Waals surface area contributed by atoms with Gasteiger partial charge in [-0.25, -0.2) is 0 Å². The summed E-state index contributed by atoms with van der Waals surface area (Å²) in [7, 11) is 0. The maximum absolute atomic E-state index is 12.1. The molecule has 1 atom stereocenters. The summed E-state index contributed by atoms with van der Waals surface area (Å²) in [6, 6.07) is 13.0. The molecule has 5 nitrogen and oxygen atoms in total. The van der Waals surface area contributed by atoms with Gasteiger partial charge >= 0.3 is 6.61 Å². The Morgan fingerprint density at radius 3 is 2.46 bits per heavy atom. The van der Waals surface area contributed by atoms with Gasteiger partial charge in [-0.15, -0.1) is 0 Å². The van der Waals surface area contributed by atoms with Crippen LogP contribution in [0.5, 0.6) is 5.75 Å². The highest BCUT2D eigenvalue weighted by atomic mass is 35.5. The van der Waals surface area contributed by atoms with Gasteiger partial charge in [0.15, 0.2) is 0 Å². The van der Waals surface area contributed by atoms with E-state index in [2.05, 4.69) is 15.2 Å². The second kappa shape index (κ2) is 9.72. The number of alkyl halides is 2. The van der Waals surface area contributed by atoms with Gasteiger partial charge in [0.2, 0.25) is 6.10 Å². The molecule has 0 spiro atoms. The molecule has 0 heterocycles. The molecule has 1 unspecified atom stereocenters. The van der Waals surface area contributed by atoms with E-state index in [-0.39, 0.29) is 11.7 Å². The van der Waals surface area contributed by atoms with Gasteiger partial charge in [0.25, 0.3) is 5.91 Å². The lowest BCUT2D eigenvalue weighted by molar-refractivity contribution is -0.131. The van der Waals surface area contributed by atoms with Gasteiger partial charge in [0.1, 0.15) is 5.75 Å². The Labute approximate surface area is 154 Å². The van der Waals surface area contributed by atoms with E-state index in [0.717, 1.165) is 5.56 Å². The van der Waals surface area contributed by atoms with E-state index in [4.69, 9.17) is 16.4 Å². The SMILES string of the molecule is CC(O/N=C/c1ccc(OC(F)F)cc1)C(=O)NCc1ccc(Cl)cc1. The van der Waals surface area contributed by atoms with Crippen LogP contribution in [-0.4, -0.2) is 24.8 Å². The average Bonchev–Trinajstić information content (AvgIpc) is 2.62. The van der Waals surface area contributed by atoms with Crippen molar-refractivity contribution in [3.63, 3.8) is 0 Å². The number of carbonyl (C=O) groups excluding carboxylic acids is 1. The van der Waals surface area contributed by atoms with Crippen molar-refractivity contribution in [1.29, 1.82) is 0 Å². The molecule has 2 rings (SSSR count). The number of hydrogen-bond acceptors (Lipinski definition) is 4. The van der Waals surface area contributed by atoms with Crippen molar-refractivity contribution in [2.45, 2.75) is 26.2 Å². The summed E-state index contributed by atoms with van der Waals surface area (Å²) in [5.41, 5.74) is 1.52. The topological polar surface area (TPSA) is 59.9 Å². The number of carbonyl (C=O) groups is 1. The van der Waals surface area contributed by atoms with Crippen molar-refractivity contribution in [1.82, 2.24) is 5.32 Å². The molecule has 138 valence electrons. The average molecular weight is 383 g/mol. The molecule has 0 aromatic heterocycles. The maximum Gasteiger partial charge on any atom is 0.387 e. The van der Waals surface area contributed by atoms with Gasteiger partial charge in [0.05, 0.1) is 6.21 Å². The zero-order valence-corrected chi connectivity index (χ0v) is 14.6. The molecule has 1 N–H and O–H groups in total. The standard InChI is InChI=1S/C18H17ClF2N2O3/c1-12(17(24)22-10-13-2-6-15(19)7-3-13)26-23-11-14-4-8-16(9-5-14)25-18(20)21/h2-9,11-12,18H,10H2,1H3,(H,22,24)/b23-11+. The van der Waals surface area contributed by atoms with Crippen LogP contribution < -0.4 is 10.1 Å². The monoisotopic (exact) mass is 382 g/mol. The molecule has 0 saturated heterocycles. The highest BCUT2D eigenvalue weighted by Gasteiger charge is 2.13. The van der Waals surface area contributed by atoms with E-state index in [1.807, 2.05) is 12.1 Å². The fraction of sp³-hybridized carbons (Fsp3) is 0.222. The lowest BCUT2D eigenvalue weighted by Crippen LogP contribution is -2.33. The second-order valence-electron chi connectivity index (χ2n) is 5.27. The Morgan fingerprint density at radius 1 is 1.19 bits per heavy atom. The number of nitrogens with one attached hydrogen (secondary N) is 1. The Kier molecular flexibility index (Phi) is 7.35. The quantitative estimate of drug-likeness (QED) is 0.554. The Bertz CT molecular complexity index is 737. The first-order chi connectivity index (χ1) is 12.4. The maximum atomic E-state index is 12.1. The first-order valence-electron chi connectivity index (χ1n) is 7.70. The normalized spacial score (nSPS) is 12.2. The third-order valence-electron chi connectivity index (χ3n) is 3.28. The van der Waals surface area contributed by atoms with Crippen LogP contribution in [0.4, 0.5) is 8.78 Å². The van der Waals surface area contributed by atoms with E-state index in [0.29, 0.717) is 17.1 Å². The van der Waals surface area contributed by atoms with E-state index in [1.165, 1.54) is 30.5 Å². The zero-order valence-electron chi connectivity index (χ0n) is 13.9. The predicted molar refractivity (Wildman–Crippen MR) is 94.5 cm³/mol. The van der Waals surface area contributed by atoms with Crippen molar-refractivity contribution in [2.75, 3.05) is 0 Å². The fourth-order valence-corrected chi connectivity index (χ4v) is 2.03. The minimum absolute atomic E-state index is 0.0491. The number of halogens is 3. The Hall–Kier alpha value is -2.67. The molecule has 1 amide bonds. The fourth-order valence-electron chi connectivity index (χ4n) is 1.90. The van der Waals surface area contributed by atoms with Gasteiger partial charge in [0, 0.05) is 11.6 Å². The number of benzene rings is 2. The molecule has 0 fully saturated rings. The molecule has 0 bridgehead atoms. The minimum atomic E-state index is -2.87. The van der Waals surface area contributed by atoms with Crippen LogP contribution in [0.15, 0.2) is 53.7 Å². The smallest absolute Gasteiger partial charge is 0.387 e. The van der Waals surface area contributed by atoms with Crippen LogP contribution in [0.1, 0.15) is 18.1 Å². The molecular formula is C18H17ClF2N2O3. The molecule has 8 heteroatoms. The molecule has 2 aromatic carbocycles. The van der Waals surface area contributed by atoms with E-state index in [1.54, 1.807) is 19.1 Å². The van der Waals surface area contributed by atoms with Gasteiger partial charge in [-0.3, -0.25) is 4.79 Å². The summed E-state index contributed by atoms with van der Waals surface area (Å²) >= 11 is 5.80. The lowest BCUT2D eigenvalue weighted by Gasteiger charge is -2.10. The van der Waals surface area contributed by atoms with Gasteiger partial charge < -0.3 is 14.9 Å². The van der Waals surface area contributed by atoms with Crippen LogP contribution in [0.3, 0.4) is 0 Å². The van der Waals surface area contributed by atoms with Crippen molar-refractivity contribution < 1.29 is 23.1 Å². The summed E-state index contributed by atoms with van der Waals surface area (Å²) in [6.07, 6.45) is 0.578. The van der Waals surface area contributed by atoms with Crippen LogP contribution in [-0.2, 0) is 16.2 Å². The van der Waals surface area contributed by atoms with E-state index >= 15 is 0 Å². The van der Waals surface area contributed by atoms with Crippen LogP contribution in [0.25, 0.3) is 0 Å². The molecule has 26 heavy (non-hydrogen) atoms. The molecule has 0 aliphatic carbocycles. The Morgan fingerprint density at radius 2 is 1.85 bits per heavy atom. The van der Waals surface area contributed by atoms with E-state index in [9.17, 15) is 13.6 Å². The largest absolute Gasteiger partial charge is 0.435 e. The van der Waals surface area contributed by atoms with Crippen LogP contribution >= 0.6 is 11.6 Å². The number of oxime groups is 1. The van der Waals surface area contributed by atoms with Crippen molar-refractivity contribution in [3.05, 3.63) is 64.7 Å². The Balaban J connectivity index is 1.77. The number of amides is 1. The molecule has 0 radical (unpaired) electrons. The molecular weight excluding hydrogens is 366 g/mol. The molecule has 2 aromatic rings. The van der Waals surface area contributed by atoms with E-state index < -0.39 is 12.7 Å². The number of nitrogens with zero attached hydrogens (tertiary/aromatic N) is 1. The highest BCUT2D eigenvalue weighted by Crippen LogP contribution is 2.14. The van der Waals surface area contributed by atoms with Gasteiger partial charge in [-0.1, -0.05) is 28.9 Å². The summed E-state index contributed by atoms with van der Waals surface area (Å²) < 4.78 is 28.4. The zero-order chi connectivity index (χ0) is 18.9. The van der Waals surface area contributed by atoms with Crippen molar-refractivity contribution >= 4 is 23.7 Å². The predicted octanol–water partition coefficient (Wildman–Crippen LogP) is 4.00. The summed E-state index contributed by atoms with van der Waals surface area (Å²) in [6.45, 7) is -0.960. The second-order valence-corrected chi connectivity index (χ2v) is 5.71.